The van der Waals surface area contributed by atoms with E-state index in [-0.39, 0.29) is 17.7 Å². The molecule has 0 radical (unpaired) electrons. The van der Waals surface area contributed by atoms with Crippen molar-refractivity contribution in [3.8, 4) is 0 Å². The SMILES string of the molecule is CCC(CCCN(CC)CC)OC(=O)NC(C)(C)C. The molecule has 0 aliphatic heterocycles. The first-order chi connectivity index (χ1) is 8.82. The zero-order valence-corrected chi connectivity index (χ0v) is 13.6. The zero-order chi connectivity index (χ0) is 14.9. The summed E-state index contributed by atoms with van der Waals surface area (Å²) >= 11 is 0. The molecule has 4 nitrogen and oxygen atoms in total. The van der Waals surface area contributed by atoms with Crippen molar-refractivity contribution in [1.82, 2.24) is 10.2 Å². The molecular weight excluding hydrogens is 240 g/mol. The molecule has 0 fully saturated rings. The second kappa shape index (κ2) is 9.18. The summed E-state index contributed by atoms with van der Waals surface area (Å²) in [4.78, 5) is 14.1. The molecule has 0 aromatic rings. The number of alkyl carbamates (subject to hydrolysis) is 1. The molecule has 0 aliphatic carbocycles. The third-order valence-corrected chi connectivity index (χ3v) is 3.10. The van der Waals surface area contributed by atoms with Gasteiger partial charge in [-0.05, 0) is 59.7 Å². The fourth-order valence-electron chi connectivity index (χ4n) is 1.92. The van der Waals surface area contributed by atoms with Gasteiger partial charge in [-0.3, -0.25) is 0 Å². The minimum absolute atomic E-state index is 0.0258. The van der Waals surface area contributed by atoms with Crippen molar-refractivity contribution in [2.24, 2.45) is 0 Å². The Hall–Kier alpha value is -0.770. The normalized spacial score (nSPS) is 13.4. The standard InChI is InChI=1S/C15H32N2O2/c1-7-13(11-10-12-17(8-2)9-3)19-14(18)16-15(4,5)6/h13H,7-12H2,1-6H3,(H,16,18). The first kappa shape index (κ1) is 18.2. The molecule has 19 heavy (non-hydrogen) atoms. The lowest BCUT2D eigenvalue weighted by Gasteiger charge is -2.24. The summed E-state index contributed by atoms with van der Waals surface area (Å²) in [5.74, 6) is 0. The number of nitrogens with zero attached hydrogens (tertiary/aromatic N) is 1. The number of rotatable bonds is 8. The predicted molar refractivity (Wildman–Crippen MR) is 80.5 cm³/mol. The van der Waals surface area contributed by atoms with Crippen LogP contribution in [0, 0.1) is 0 Å². The largest absolute Gasteiger partial charge is 0.446 e. The highest BCUT2D eigenvalue weighted by Crippen LogP contribution is 2.09. The third kappa shape index (κ3) is 9.77. The van der Waals surface area contributed by atoms with E-state index in [0.717, 1.165) is 38.9 Å². The highest BCUT2D eigenvalue weighted by atomic mass is 16.6. The van der Waals surface area contributed by atoms with Crippen LogP contribution >= 0.6 is 0 Å². The van der Waals surface area contributed by atoms with Crippen LogP contribution in [-0.4, -0.2) is 42.3 Å². The van der Waals surface area contributed by atoms with Crippen molar-refractivity contribution in [3.63, 3.8) is 0 Å². The van der Waals surface area contributed by atoms with Gasteiger partial charge in [-0.15, -0.1) is 0 Å². The van der Waals surface area contributed by atoms with Gasteiger partial charge in [-0.2, -0.15) is 0 Å². The summed E-state index contributed by atoms with van der Waals surface area (Å²) in [6, 6.07) is 0. The average molecular weight is 272 g/mol. The van der Waals surface area contributed by atoms with Gasteiger partial charge in [0.1, 0.15) is 6.10 Å². The van der Waals surface area contributed by atoms with Gasteiger partial charge in [0.05, 0.1) is 0 Å². The summed E-state index contributed by atoms with van der Waals surface area (Å²) in [5, 5.41) is 2.83. The number of carbonyl (C=O) groups is 1. The first-order valence-corrected chi connectivity index (χ1v) is 7.53. The van der Waals surface area contributed by atoms with Gasteiger partial charge in [-0.1, -0.05) is 20.8 Å². The molecule has 0 spiro atoms. The van der Waals surface area contributed by atoms with Gasteiger partial charge in [0.25, 0.3) is 0 Å². The monoisotopic (exact) mass is 272 g/mol. The smallest absolute Gasteiger partial charge is 0.407 e. The molecular formula is C15H32N2O2. The Labute approximate surface area is 118 Å². The Morgan fingerprint density at radius 2 is 1.79 bits per heavy atom. The predicted octanol–water partition coefficient (Wildman–Crippen LogP) is 3.41. The molecule has 0 aromatic carbocycles. The fraction of sp³-hybridized carbons (Fsp3) is 0.933. The molecule has 0 aromatic heterocycles. The van der Waals surface area contributed by atoms with Gasteiger partial charge in [0.2, 0.25) is 0 Å². The van der Waals surface area contributed by atoms with Crippen LogP contribution in [0.4, 0.5) is 4.79 Å². The van der Waals surface area contributed by atoms with Crippen LogP contribution in [0.25, 0.3) is 0 Å². The first-order valence-electron chi connectivity index (χ1n) is 7.53. The fourth-order valence-corrected chi connectivity index (χ4v) is 1.92. The Morgan fingerprint density at radius 1 is 1.21 bits per heavy atom. The van der Waals surface area contributed by atoms with Crippen LogP contribution in [0.3, 0.4) is 0 Å². The van der Waals surface area contributed by atoms with E-state index in [4.69, 9.17) is 4.74 Å². The summed E-state index contributed by atoms with van der Waals surface area (Å²) in [6.45, 7) is 15.5. The van der Waals surface area contributed by atoms with Gasteiger partial charge in [0, 0.05) is 5.54 Å². The average Bonchev–Trinajstić information content (AvgIpc) is 2.30. The van der Waals surface area contributed by atoms with Crippen LogP contribution < -0.4 is 5.32 Å². The summed E-state index contributed by atoms with van der Waals surface area (Å²) in [7, 11) is 0. The lowest BCUT2D eigenvalue weighted by molar-refractivity contribution is 0.0812. The molecule has 0 saturated heterocycles. The van der Waals surface area contributed by atoms with Crippen LogP contribution in [-0.2, 0) is 4.74 Å². The van der Waals surface area contributed by atoms with Crippen molar-refractivity contribution in [3.05, 3.63) is 0 Å². The third-order valence-electron chi connectivity index (χ3n) is 3.10. The molecule has 1 unspecified atom stereocenters. The lowest BCUT2D eigenvalue weighted by atomic mass is 10.1. The van der Waals surface area contributed by atoms with Crippen molar-refractivity contribution < 1.29 is 9.53 Å². The highest BCUT2D eigenvalue weighted by molar-refractivity contribution is 5.68. The zero-order valence-electron chi connectivity index (χ0n) is 13.6. The van der Waals surface area contributed by atoms with Crippen LogP contribution in [0.5, 0.6) is 0 Å². The Bertz CT molecular complexity index is 245. The number of carbonyl (C=O) groups excluding carboxylic acids is 1. The molecule has 0 bridgehead atoms. The molecule has 0 aliphatic rings. The topological polar surface area (TPSA) is 41.6 Å². The van der Waals surface area contributed by atoms with E-state index >= 15 is 0 Å². The van der Waals surface area contributed by atoms with E-state index in [9.17, 15) is 4.79 Å². The van der Waals surface area contributed by atoms with Crippen LogP contribution in [0.1, 0.15) is 60.8 Å². The van der Waals surface area contributed by atoms with Gasteiger partial charge in [-0.25, -0.2) is 4.79 Å². The molecule has 1 atom stereocenters. The summed E-state index contributed by atoms with van der Waals surface area (Å²) < 4.78 is 5.46. The van der Waals surface area contributed by atoms with E-state index in [2.05, 4.69) is 31.0 Å². The molecule has 4 heteroatoms. The van der Waals surface area contributed by atoms with Crippen molar-refractivity contribution in [2.45, 2.75) is 72.4 Å². The maximum absolute atomic E-state index is 11.7. The van der Waals surface area contributed by atoms with E-state index < -0.39 is 0 Å². The number of hydrogen-bond donors (Lipinski definition) is 1. The summed E-state index contributed by atoms with van der Waals surface area (Å²) in [5.41, 5.74) is -0.239. The minimum atomic E-state index is -0.304. The van der Waals surface area contributed by atoms with Gasteiger partial charge in [0.15, 0.2) is 0 Å². The Kier molecular flexibility index (Phi) is 8.81. The quantitative estimate of drug-likeness (QED) is 0.736. The van der Waals surface area contributed by atoms with Crippen LogP contribution in [0.2, 0.25) is 0 Å². The van der Waals surface area contributed by atoms with Crippen LogP contribution in [0.15, 0.2) is 0 Å². The van der Waals surface area contributed by atoms with E-state index in [1.807, 2.05) is 20.8 Å². The van der Waals surface area contributed by atoms with Gasteiger partial charge < -0.3 is 15.0 Å². The summed E-state index contributed by atoms with van der Waals surface area (Å²) in [6.07, 6.45) is 2.60. The molecule has 0 saturated carbocycles. The second-order valence-corrected chi connectivity index (χ2v) is 5.98. The highest BCUT2D eigenvalue weighted by Gasteiger charge is 2.18. The Morgan fingerprint density at radius 3 is 2.21 bits per heavy atom. The van der Waals surface area contributed by atoms with Crippen molar-refractivity contribution in [2.75, 3.05) is 19.6 Å². The minimum Gasteiger partial charge on any atom is -0.446 e. The molecule has 114 valence electrons. The Balaban J connectivity index is 3.98. The second-order valence-electron chi connectivity index (χ2n) is 5.98. The molecule has 0 rings (SSSR count). The van der Waals surface area contributed by atoms with Crippen molar-refractivity contribution in [1.29, 1.82) is 0 Å². The van der Waals surface area contributed by atoms with E-state index in [0.29, 0.717) is 0 Å². The molecule has 1 N–H and O–H groups in total. The van der Waals surface area contributed by atoms with E-state index in [1.165, 1.54) is 0 Å². The number of ether oxygens (including phenoxy) is 1. The molecule has 0 heterocycles. The van der Waals surface area contributed by atoms with Gasteiger partial charge >= 0.3 is 6.09 Å². The number of amides is 1. The maximum Gasteiger partial charge on any atom is 0.407 e. The van der Waals surface area contributed by atoms with E-state index in [1.54, 1.807) is 0 Å². The number of nitrogens with one attached hydrogen (secondary N) is 1. The molecule has 1 amide bonds. The van der Waals surface area contributed by atoms with Crippen molar-refractivity contribution >= 4 is 6.09 Å². The maximum atomic E-state index is 11.7. The lowest BCUT2D eigenvalue weighted by Crippen LogP contribution is -2.42. The number of hydrogen-bond acceptors (Lipinski definition) is 3.